The summed E-state index contributed by atoms with van der Waals surface area (Å²) in [6.45, 7) is 2.85. The highest BCUT2D eigenvalue weighted by atomic mass is 19.1. The molecule has 216 valence electrons. The lowest BCUT2D eigenvalue weighted by Crippen LogP contribution is -2.54. The average molecular weight is 564 g/mol. The molecule has 2 N–H and O–H groups in total. The molecule has 1 aromatic heterocycles. The first-order valence-corrected chi connectivity index (χ1v) is 13.8. The fraction of sp³-hybridized carbons (Fsp3) is 0.414. The molecule has 1 saturated heterocycles. The zero-order valence-electron chi connectivity index (χ0n) is 22.9. The highest BCUT2D eigenvalue weighted by Crippen LogP contribution is 2.44. The predicted octanol–water partition coefficient (Wildman–Crippen LogP) is 2.60. The quantitative estimate of drug-likeness (QED) is 0.389. The van der Waals surface area contributed by atoms with Gasteiger partial charge in [-0.25, -0.2) is 13.9 Å². The molecule has 0 radical (unpaired) electrons. The van der Waals surface area contributed by atoms with Gasteiger partial charge in [-0.2, -0.15) is 0 Å². The van der Waals surface area contributed by atoms with Crippen LogP contribution in [-0.4, -0.2) is 105 Å². The first-order valence-electron chi connectivity index (χ1n) is 13.8. The Hall–Kier alpha value is -4.32. The second-order valence-electron chi connectivity index (χ2n) is 10.6. The van der Waals surface area contributed by atoms with Crippen LogP contribution in [0.2, 0.25) is 0 Å². The summed E-state index contributed by atoms with van der Waals surface area (Å²) in [6, 6.07) is 12.0. The van der Waals surface area contributed by atoms with Gasteiger partial charge in [-0.05, 0) is 68.3 Å². The Morgan fingerprint density at radius 3 is 2.41 bits per heavy atom. The van der Waals surface area contributed by atoms with Crippen LogP contribution in [0.5, 0.6) is 0 Å². The third-order valence-corrected chi connectivity index (χ3v) is 7.83. The van der Waals surface area contributed by atoms with E-state index in [0.29, 0.717) is 37.9 Å². The minimum absolute atomic E-state index is 0.0228. The molecule has 1 saturated carbocycles. The molecule has 5 rings (SSSR count). The number of hydrogen-bond donors (Lipinski definition) is 2. The van der Waals surface area contributed by atoms with Crippen molar-refractivity contribution in [1.29, 1.82) is 0 Å². The number of rotatable bonds is 10. The Balaban J connectivity index is 1.23. The summed E-state index contributed by atoms with van der Waals surface area (Å²) in [5.41, 5.74) is 2.06. The summed E-state index contributed by atoms with van der Waals surface area (Å²) in [5, 5.41) is 20.5. The fourth-order valence-corrected chi connectivity index (χ4v) is 5.32. The lowest BCUT2D eigenvalue weighted by molar-refractivity contribution is -0.135. The van der Waals surface area contributed by atoms with Crippen LogP contribution in [0.4, 0.5) is 9.18 Å². The Kier molecular flexibility index (Phi) is 8.58. The number of carbonyl (C=O) groups excluding carboxylic acids is 2. The van der Waals surface area contributed by atoms with E-state index in [1.165, 1.54) is 17.0 Å². The summed E-state index contributed by atoms with van der Waals surface area (Å²) in [5.74, 6) is -0.848. The van der Waals surface area contributed by atoms with Gasteiger partial charge in [0, 0.05) is 50.2 Å². The number of carboxylic acid groups (broad SMARTS) is 1. The number of aromatic nitrogens is 3. The molecule has 2 aliphatic rings. The summed E-state index contributed by atoms with van der Waals surface area (Å²) in [4.78, 5) is 44.1. The van der Waals surface area contributed by atoms with Gasteiger partial charge in [0.05, 0.1) is 18.1 Å². The third-order valence-electron chi connectivity index (χ3n) is 7.83. The predicted molar refractivity (Wildman–Crippen MR) is 148 cm³/mol. The summed E-state index contributed by atoms with van der Waals surface area (Å²) in [6.07, 6.45) is 3.60. The van der Waals surface area contributed by atoms with Crippen LogP contribution in [0.1, 0.15) is 41.1 Å². The van der Waals surface area contributed by atoms with Crippen LogP contribution in [0, 0.1) is 5.82 Å². The highest BCUT2D eigenvalue weighted by Gasteiger charge is 2.44. The standard InChI is InChI=1S/C29H34FN7O4/c1-34-15-17-35(18-16-34)28(39)25(32-27(38)21-6-10-23(11-7-21)37-14-12-31-33-37)3-2-13-36(29(40)41)26-19-24(26)20-4-8-22(30)9-5-20/h4-12,14,24-26H,2-3,13,15-19H2,1H3,(H,32,38)(H,40,41)/t24-,25+,26+/m0/s1. The zero-order valence-corrected chi connectivity index (χ0v) is 22.9. The monoisotopic (exact) mass is 563 g/mol. The van der Waals surface area contributed by atoms with Crippen molar-refractivity contribution in [3.05, 3.63) is 77.9 Å². The van der Waals surface area contributed by atoms with E-state index in [9.17, 15) is 23.9 Å². The lowest BCUT2D eigenvalue weighted by Gasteiger charge is -2.35. The first-order chi connectivity index (χ1) is 19.8. The molecule has 1 aliphatic carbocycles. The van der Waals surface area contributed by atoms with Crippen LogP contribution >= 0.6 is 0 Å². The maximum absolute atomic E-state index is 13.5. The maximum atomic E-state index is 13.5. The normalized spacial score (nSPS) is 19.4. The average Bonchev–Trinajstić information content (AvgIpc) is 3.55. The van der Waals surface area contributed by atoms with E-state index in [-0.39, 0.29) is 36.1 Å². The Morgan fingerprint density at radius 2 is 1.78 bits per heavy atom. The van der Waals surface area contributed by atoms with Crippen molar-refractivity contribution < 1.29 is 23.9 Å². The first kappa shape index (κ1) is 28.2. The van der Waals surface area contributed by atoms with Crippen molar-refractivity contribution >= 4 is 17.9 Å². The molecule has 41 heavy (non-hydrogen) atoms. The molecule has 2 fully saturated rings. The molecule has 0 unspecified atom stereocenters. The molecule has 1 aliphatic heterocycles. The van der Waals surface area contributed by atoms with E-state index < -0.39 is 12.1 Å². The Morgan fingerprint density at radius 1 is 1.07 bits per heavy atom. The zero-order chi connectivity index (χ0) is 28.9. The minimum atomic E-state index is -1.03. The molecular formula is C29H34FN7O4. The lowest BCUT2D eigenvalue weighted by atomic mass is 10.1. The molecule has 3 atom stereocenters. The van der Waals surface area contributed by atoms with Crippen molar-refractivity contribution in [3.8, 4) is 5.69 Å². The molecule has 3 aromatic rings. The second-order valence-corrected chi connectivity index (χ2v) is 10.6. The molecular weight excluding hydrogens is 529 g/mol. The van der Waals surface area contributed by atoms with E-state index >= 15 is 0 Å². The van der Waals surface area contributed by atoms with Gasteiger partial charge >= 0.3 is 6.09 Å². The molecule has 2 aromatic carbocycles. The van der Waals surface area contributed by atoms with E-state index in [2.05, 4.69) is 20.5 Å². The van der Waals surface area contributed by atoms with E-state index in [4.69, 9.17) is 0 Å². The smallest absolute Gasteiger partial charge is 0.407 e. The van der Waals surface area contributed by atoms with Crippen LogP contribution < -0.4 is 5.32 Å². The van der Waals surface area contributed by atoms with Crippen molar-refractivity contribution in [2.45, 2.75) is 37.3 Å². The van der Waals surface area contributed by atoms with Gasteiger partial charge in [0.25, 0.3) is 5.91 Å². The van der Waals surface area contributed by atoms with Gasteiger partial charge < -0.3 is 25.1 Å². The van der Waals surface area contributed by atoms with Crippen molar-refractivity contribution in [2.75, 3.05) is 39.8 Å². The van der Waals surface area contributed by atoms with E-state index in [1.54, 1.807) is 58.4 Å². The van der Waals surface area contributed by atoms with Gasteiger partial charge in [0.1, 0.15) is 11.9 Å². The number of piperazine rings is 1. The van der Waals surface area contributed by atoms with Gasteiger partial charge in [-0.3, -0.25) is 9.59 Å². The minimum Gasteiger partial charge on any atom is -0.465 e. The summed E-state index contributed by atoms with van der Waals surface area (Å²) < 4.78 is 14.9. The van der Waals surface area contributed by atoms with Crippen LogP contribution in [0.3, 0.4) is 0 Å². The molecule has 12 heteroatoms. The van der Waals surface area contributed by atoms with Crippen molar-refractivity contribution in [1.82, 2.24) is 35.0 Å². The van der Waals surface area contributed by atoms with Crippen molar-refractivity contribution in [2.24, 2.45) is 0 Å². The van der Waals surface area contributed by atoms with E-state index in [0.717, 1.165) is 24.3 Å². The topological polar surface area (TPSA) is 124 Å². The van der Waals surface area contributed by atoms with Crippen LogP contribution in [-0.2, 0) is 4.79 Å². The van der Waals surface area contributed by atoms with Gasteiger partial charge in [0.15, 0.2) is 0 Å². The molecule has 0 bridgehead atoms. The number of hydrogen-bond acceptors (Lipinski definition) is 6. The SMILES string of the molecule is CN1CCN(C(=O)[C@@H](CCCN(C(=O)O)[C@@H]2C[C@H]2c2ccc(F)cc2)NC(=O)c2ccc(-n3ccnn3)cc2)CC1. The fourth-order valence-electron chi connectivity index (χ4n) is 5.32. The highest BCUT2D eigenvalue weighted by molar-refractivity contribution is 5.97. The van der Waals surface area contributed by atoms with Crippen molar-refractivity contribution in [3.63, 3.8) is 0 Å². The number of nitrogens with one attached hydrogen (secondary N) is 1. The third kappa shape index (κ3) is 6.88. The maximum Gasteiger partial charge on any atom is 0.407 e. The number of likely N-dealkylation sites (N-methyl/N-ethyl adjacent to an activating group) is 1. The number of halogens is 1. The number of carbonyl (C=O) groups is 3. The molecule has 0 spiro atoms. The number of benzene rings is 2. The largest absolute Gasteiger partial charge is 0.465 e. The van der Waals surface area contributed by atoms with Gasteiger partial charge in [-0.1, -0.05) is 17.3 Å². The van der Waals surface area contributed by atoms with Crippen LogP contribution in [0.15, 0.2) is 60.9 Å². The Bertz CT molecular complexity index is 1340. The summed E-state index contributed by atoms with van der Waals surface area (Å²) >= 11 is 0. The molecule has 2 heterocycles. The van der Waals surface area contributed by atoms with E-state index in [1.807, 2.05) is 7.05 Å². The van der Waals surface area contributed by atoms with Crippen LogP contribution in [0.25, 0.3) is 5.69 Å². The number of nitrogens with zero attached hydrogens (tertiary/aromatic N) is 6. The molecule has 11 nitrogen and oxygen atoms in total. The summed E-state index contributed by atoms with van der Waals surface area (Å²) in [7, 11) is 2.00. The second kappa shape index (κ2) is 12.5. The van der Waals surface area contributed by atoms with Gasteiger partial charge in [-0.15, -0.1) is 5.10 Å². The molecule has 3 amide bonds. The Labute approximate surface area is 237 Å². The van der Waals surface area contributed by atoms with Gasteiger partial charge in [0.2, 0.25) is 5.91 Å². The number of amides is 3.